The summed E-state index contributed by atoms with van der Waals surface area (Å²) in [6.07, 6.45) is 7.13. The smallest absolute Gasteiger partial charge is 0.0100 e. The maximum atomic E-state index is 3.66. The third-order valence-corrected chi connectivity index (χ3v) is 4.54. The molecule has 2 saturated carbocycles. The Labute approximate surface area is 90.0 Å². The van der Waals surface area contributed by atoms with Crippen LogP contribution in [0.3, 0.4) is 0 Å². The Morgan fingerprint density at radius 3 is 2.46 bits per heavy atom. The van der Waals surface area contributed by atoms with Crippen LogP contribution in [0.4, 0.5) is 0 Å². The molecule has 2 heteroatoms. The Bertz CT molecular complexity index is 173. The molecule has 2 aliphatic carbocycles. The van der Waals surface area contributed by atoms with Crippen LogP contribution in [-0.4, -0.2) is 29.4 Å². The molecular weight excluding hydrogens is 226 g/mol. The monoisotopic (exact) mass is 245 g/mol. The van der Waals surface area contributed by atoms with Crippen molar-refractivity contribution in [1.29, 1.82) is 0 Å². The first-order valence-electron chi connectivity index (χ1n) is 5.60. The van der Waals surface area contributed by atoms with Gasteiger partial charge in [-0.2, -0.15) is 0 Å². The molecule has 0 aromatic heterocycles. The average Bonchev–Trinajstić information content (AvgIpc) is 3.01. The summed E-state index contributed by atoms with van der Waals surface area (Å²) in [6.45, 7) is 4.97. The Morgan fingerprint density at radius 2 is 2.08 bits per heavy atom. The summed E-state index contributed by atoms with van der Waals surface area (Å²) < 4.78 is 0. The third-order valence-electron chi connectivity index (χ3n) is 3.35. The minimum atomic E-state index is 0.678. The first-order valence-corrected chi connectivity index (χ1v) is 6.72. The summed E-state index contributed by atoms with van der Waals surface area (Å²) in [4.78, 5) is 2.73. The van der Waals surface area contributed by atoms with Crippen LogP contribution in [0.2, 0.25) is 0 Å². The fourth-order valence-electron chi connectivity index (χ4n) is 2.06. The van der Waals surface area contributed by atoms with E-state index in [1.54, 1.807) is 0 Å². The Morgan fingerprint density at radius 1 is 1.38 bits per heavy atom. The molecule has 0 heterocycles. The molecule has 0 aromatic carbocycles. The highest BCUT2D eigenvalue weighted by atomic mass is 79.9. The molecule has 2 fully saturated rings. The van der Waals surface area contributed by atoms with Gasteiger partial charge in [0.25, 0.3) is 0 Å². The normalized spacial score (nSPS) is 25.2. The molecule has 0 saturated heterocycles. The lowest BCUT2D eigenvalue weighted by Gasteiger charge is -2.25. The van der Waals surface area contributed by atoms with Gasteiger partial charge in [0.15, 0.2) is 0 Å². The van der Waals surface area contributed by atoms with Crippen molar-refractivity contribution in [3.8, 4) is 0 Å². The molecule has 0 N–H and O–H groups in total. The molecule has 13 heavy (non-hydrogen) atoms. The molecule has 0 aliphatic heterocycles. The van der Waals surface area contributed by atoms with Crippen LogP contribution in [0.5, 0.6) is 0 Å². The second-order valence-electron chi connectivity index (χ2n) is 4.84. The predicted octanol–water partition coefficient (Wildman–Crippen LogP) is 3.04. The summed E-state index contributed by atoms with van der Waals surface area (Å²) in [5.74, 6) is 0. The van der Waals surface area contributed by atoms with Crippen LogP contribution in [-0.2, 0) is 0 Å². The topological polar surface area (TPSA) is 3.24 Å². The Balaban J connectivity index is 1.81. The van der Waals surface area contributed by atoms with Crippen molar-refractivity contribution in [3.05, 3.63) is 0 Å². The zero-order valence-electron chi connectivity index (χ0n) is 8.56. The van der Waals surface area contributed by atoms with Crippen LogP contribution in [0.1, 0.15) is 39.0 Å². The molecule has 0 atom stereocenters. The highest BCUT2D eigenvalue weighted by Gasteiger charge is 2.44. The summed E-state index contributed by atoms with van der Waals surface area (Å²) in [7, 11) is 0. The minimum absolute atomic E-state index is 0.678. The summed E-state index contributed by atoms with van der Waals surface area (Å²) in [6, 6.07) is 0.955. The lowest BCUT2D eigenvalue weighted by Crippen LogP contribution is -2.33. The van der Waals surface area contributed by atoms with Gasteiger partial charge in [0, 0.05) is 17.9 Å². The van der Waals surface area contributed by atoms with Gasteiger partial charge in [0.05, 0.1) is 0 Å². The summed E-state index contributed by atoms with van der Waals surface area (Å²) in [5.41, 5.74) is 0.678. The molecule has 0 radical (unpaired) electrons. The molecule has 0 amide bonds. The number of rotatable bonds is 6. The molecule has 0 unspecified atom stereocenters. The van der Waals surface area contributed by atoms with Gasteiger partial charge in [-0.1, -0.05) is 22.9 Å². The standard InChI is InChI=1S/C11H20BrN/c1-2-7-13(10-3-4-10)9-11(8-12)5-6-11/h10H,2-9H2,1H3. The highest BCUT2D eigenvalue weighted by molar-refractivity contribution is 9.09. The van der Waals surface area contributed by atoms with Crippen LogP contribution in [0.25, 0.3) is 0 Å². The van der Waals surface area contributed by atoms with Crippen molar-refractivity contribution in [3.63, 3.8) is 0 Å². The van der Waals surface area contributed by atoms with Crippen LogP contribution < -0.4 is 0 Å². The number of halogens is 1. The Hall–Kier alpha value is 0.440. The maximum Gasteiger partial charge on any atom is 0.0100 e. The zero-order valence-corrected chi connectivity index (χ0v) is 10.1. The van der Waals surface area contributed by atoms with Crippen molar-refractivity contribution >= 4 is 15.9 Å². The van der Waals surface area contributed by atoms with Gasteiger partial charge >= 0.3 is 0 Å². The van der Waals surface area contributed by atoms with Gasteiger partial charge in [0.1, 0.15) is 0 Å². The van der Waals surface area contributed by atoms with Gasteiger partial charge in [0.2, 0.25) is 0 Å². The molecule has 2 aliphatic rings. The first-order chi connectivity index (χ1) is 6.29. The van der Waals surface area contributed by atoms with E-state index in [4.69, 9.17) is 0 Å². The van der Waals surface area contributed by atoms with Crippen molar-refractivity contribution in [2.75, 3.05) is 18.4 Å². The molecule has 0 spiro atoms. The van der Waals surface area contributed by atoms with Gasteiger partial charge in [-0.05, 0) is 44.1 Å². The average molecular weight is 246 g/mol. The number of hydrogen-bond donors (Lipinski definition) is 0. The van der Waals surface area contributed by atoms with E-state index in [-0.39, 0.29) is 0 Å². The van der Waals surface area contributed by atoms with Crippen molar-refractivity contribution < 1.29 is 0 Å². The second kappa shape index (κ2) is 3.90. The first kappa shape index (κ1) is 9.97. The van der Waals surface area contributed by atoms with Crippen LogP contribution in [0, 0.1) is 5.41 Å². The Kier molecular flexibility index (Phi) is 2.99. The van der Waals surface area contributed by atoms with Gasteiger partial charge < -0.3 is 0 Å². The summed E-state index contributed by atoms with van der Waals surface area (Å²) in [5, 5.41) is 1.22. The molecular formula is C11H20BrN. The largest absolute Gasteiger partial charge is 0.300 e. The summed E-state index contributed by atoms with van der Waals surface area (Å²) >= 11 is 3.66. The van der Waals surface area contributed by atoms with E-state index in [1.165, 1.54) is 50.5 Å². The van der Waals surface area contributed by atoms with Crippen LogP contribution in [0.15, 0.2) is 0 Å². The van der Waals surface area contributed by atoms with Crippen molar-refractivity contribution in [2.24, 2.45) is 5.41 Å². The molecule has 0 aromatic rings. The van der Waals surface area contributed by atoms with Gasteiger partial charge in [-0.15, -0.1) is 0 Å². The minimum Gasteiger partial charge on any atom is -0.300 e. The SMILES string of the molecule is CCCN(CC1(CBr)CC1)C1CC1. The molecule has 2 rings (SSSR count). The fraction of sp³-hybridized carbons (Fsp3) is 1.00. The fourth-order valence-corrected chi connectivity index (χ4v) is 2.80. The van der Waals surface area contributed by atoms with E-state index in [2.05, 4.69) is 27.8 Å². The highest BCUT2D eigenvalue weighted by Crippen LogP contribution is 2.48. The van der Waals surface area contributed by atoms with Crippen molar-refractivity contribution in [1.82, 2.24) is 4.90 Å². The van der Waals surface area contributed by atoms with Crippen LogP contribution >= 0.6 is 15.9 Å². The molecule has 1 nitrogen and oxygen atoms in total. The number of alkyl halides is 1. The zero-order chi connectivity index (χ0) is 9.31. The third kappa shape index (κ3) is 2.47. The predicted molar refractivity (Wildman–Crippen MR) is 60.3 cm³/mol. The number of hydrogen-bond acceptors (Lipinski definition) is 1. The van der Waals surface area contributed by atoms with Gasteiger partial charge in [-0.3, -0.25) is 4.90 Å². The van der Waals surface area contributed by atoms with E-state index in [9.17, 15) is 0 Å². The van der Waals surface area contributed by atoms with Gasteiger partial charge in [-0.25, -0.2) is 0 Å². The van der Waals surface area contributed by atoms with Crippen molar-refractivity contribution in [2.45, 2.75) is 45.1 Å². The number of nitrogens with zero attached hydrogens (tertiary/aromatic N) is 1. The van der Waals surface area contributed by atoms with E-state index in [0.29, 0.717) is 5.41 Å². The second-order valence-corrected chi connectivity index (χ2v) is 5.40. The lowest BCUT2D eigenvalue weighted by atomic mass is 10.1. The lowest BCUT2D eigenvalue weighted by molar-refractivity contribution is 0.221. The molecule has 76 valence electrons. The maximum absolute atomic E-state index is 3.66. The quantitative estimate of drug-likeness (QED) is 0.651. The van der Waals surface area contributed by atoms with E-state index in [0.717, 1.165) is 6.04 Å². The molecule has 0 bridgehead atoms. The van der Waals surface area contributed by atoms with E-state index < -0.39 is 0 Å². The van der Waals surface area contributed by atoms with E-state index >= 15 is 0 Å². The van der Waals surface area contributed by atoms with E-state index in [1.807, 2.05) is 0 Å².